The molecule has 0 saturated carbocycles. The summed E-state index contributed by atoms with van der Waals surface area (Å²) in [5.74, 6) is 0. The highest BCUT2D eigenvalue weighted by molar-refractivity contribution is 6.04. The van der Waals surface area contributed by atoms with Crippen molar-refractivity contribution in [3.8, 4) is 0 Å². The molecule has 0 radical (unpaired) electrons. The Bertz CT molecular complexity index is 652. The molecule has 3 aromatic rings. The topological polar surface area (TPSA) is 30.7 Å². The summed E-state index contributed by atoms with van der Waals surface area (Å²) in [5, 5.41) is 1.13. The lowest BCUT2D eigenvalue weighted by Crippen LogP contribution is -1.88. The molecule has 2 aromatic heterocycles. The number of pyridine rings is 1. The third-order valence-corrected chi connectivity index (χ3v) is 2.77. The maximum atomic E-state index is 4.41. The van der Waals surface area contributed by atoms with Crippen LogP contribution in [-0.4, -0.2) is 14.5 Å². The molecule has 0 atom stereocenters. The molecule has 0 unspecified atom stereocenters. The van der Waals surface area contributed by atoms with E-state index in [0.717, 1.165) is 21.9 Å². The molecular formula is C12H11N3. The summed E-state index contributed by atoms with van der Waals surface area (Å²) in [6.07, 6.45) is 3.67. The van der Waals surface area contributed by atoms with Gasteiger partial charge in [-0.15, -0.1) is 0 Å². The quantitative estimate of drug-likeness (QED) is 0.554. The third-order valence-electron chi connectivity index (χ3n) is 2.77. The zero-order valence-electron chi connectivity index (χ0n) is 8.73. The van der Waals surface area contributed by atoms with Gasteiger partial charge in [0.2, 0.25) is 0 Å². The van der Waals surface area contributed by atoms with E-state index in [1.54, 1.807) is 0 Å². The Kier molecular flexibility index (Phi) is 1.57. The van der Waals surface area contributed by atoms with Crippen molar-refractivity contribution in [3.05, 3.63) is 36.3 Å². The number of hydrogen-bond acceptors (Lipinski definition) is 2. The van der Waals surface area contributed by atoms with Crippen molar-refractivity contribution in [3.63, 3.8) is 0 Å². The van der Waals surface area contributed by atoms with Crippen LogP contribution in [0.1, 0.15) is 5.56 Å². The molecule has 0 saturated heterocycles. The summed E-state index contributed by atoms with van der Waals surface area (Å²) in [7, 11) is 2.01. The van der Waals surface area contributed by atoms with E-state index in [2.05, 4.69) is 29.0 Å². The minimum atomic E-state index is 1.03. The molecule has 74 valence electrons. The first-order valence-electron chi connectivity index (χ1n) is 4.93. The molecule has 0 fully saturated rings. The Morgan fingerprint density at radius 2 is 2.07 bits per heavy atom. The van der Waals surface area contributed by atoms with E-state index in [1.807, 2.05) is 30.2 Å². The zero-order chi connectivity index (χ0) is 10.4. The SMILES string of the molecule is Cc1cc2c(ncn2C)c2cccnc12. The van der Waals surface area contributed by atoms with Crippen molar-refractivity contribution in [1.82, 2.24) is 14.5 Å². The van der Waals surface area contributed by atoms with Crippen LogP contribution in [0.15, 0.2) is 30.7 Å². The average molecular weight is 197 g/mol. The van der Waals surface area contributed by atoms with E-state index in [4.69, 9.17) is 0 Å². The molecule has 0 spiro atoms. The molecule has 3 nitrogen and oxygen atoms in total. The predicted molar refractivity (Wildman–Crippen MR) is 60.8 cm³/mol. The molecule has 0 aliphatic heterocycles. The summed E-state index contributed by atoms with van der Waals surface area (Å²) >= 11 is 0. The fraction of sp³-hybridized carbons (Fsp3) is 0.167. The number of rotatable bonds is 0. The van der Waals surface area contributed by atoms with E-state index < -0.39 is 0 Å². The van der Waals surface area contributed by atoms with Crippen molar-refractivity contribution in [1.29, 1.82) is 0 Å². The van der Waals surface area contributed by atoms with Gasteiger partial charge in [0.25, 0.3) is 0 Å². The Hall–Kier alpha value is -1.90. The largest absolute Gasteiger partial charge is 0.334 e. The Morgan fingerprint density at radius 3 is 2.93 bits per heavy atom. The molecule has 2 heterocycles. The van der Waals surface area contributed by atoms with Crippen LogP contribution < -0.4 is 0 Å². The molecule has 0 aliphatic carbocycles. The van der Waals surface area contributed by atoms with E-state index in [0.29, 0.717) is 0 Å². The first-order chi connectivity index (χ1) is 7.27. The minimum absolute atomic E-state index is 1.03. The first-order valence-corrected chi connectivity index (χ1v) is 4.93. The lowest BCUT2D eigenvalue weighted by molar-refractivity contribution is 0.947. The standard InChI is InChI=1S/C12H11N3/c1-8-6-10-12(14-7-15(10)2)9-4-3-5-13-11(8)9/h3-7H,1-2H3. The van der Waals surface area contributed by atoms with E-state index in [9.17, 15) is 0 Å². The molecule has 3 heteroatoms. The number of imidazole rings is 1. The number of fused-ring (bicyclic) bond motifs is 3. The highest BCUT2D eigenvalue weighted by Gasteiger charge is 2.07. The second-order valence-corrected chi connectivity index (χ2v) is 3.82. The summed E-state index contributed by atoms with van der Waals surface area (Å²) in [6.45, 7) is 2.09. The van der Waals surface area contributed by atoms with Gasteiger partial charge in [0.05, 0.1) is 22.9 Å². The van der Waals surface area contributed by atoms with Gasteiger partial charge >= 0.3 is 0 Å². The highest BCUT2D eigenvalue weighted by Crippen LogP contribution is 2.25. The van der Waals surface area contributed by atoms with Crippen LogP contribution in [0.2, 0.25) is 0 Å². The van der Waals surface area contributed by atoms with Gasteiger partial charge in [0.15, 0.2) is 0 Å². The number of benzene rings is 1. The summed E-state index contributed by atoms with van der Waals surface area (Å²) < 4.78 is 2.04. The van der Waals surface area contributed by atoms with Crippen molar-refractivity contribution in [2.24, 2.45) is 7.05 Å². The van der Waals surface area contributed by atoms with Gasteiger partial charge in [-0.1, -0.05) is 0 Å². The van der Waals surface area contributed by atoms with Crippen LogP contribution in [0.25, 0.3) is 21.9 Å². The van der Waals surface area contributed by atoms with Gasteiger partial charge < -0.3 is 4.57 Å². The van der Waals surface area contributed by atoms with Crippen molar-refractivity contribution < 1.29 is 0 Å². The van der Waals surface area contributed by atoms with Crippen LogP contribution >= 0.6 is 0 Å². The van der Waals surface area contributed by atoms with Crippen LogP contribution in [0.3, 0.4) is 0 Å². The number of aromatic nitrogens is 3. The molecule has 0 bridgehead atoms. The smallest absolute Gasteiger partial charge is 0.0978 e. The third kappa shape index (κ3) is 1.06. The fourth-order valence-electron chi connectivity index (χ4n) is 2.00. The fourth-order valence-corrected chi connectivity index (χ4v) is 2.00. The number of nitrogens with zero attached hydrogens (tertiary/aromatic N) is 3. The van der Waals surface area contributed by atoms with Crippen molar-refractivity contribution in [2.45, 2.75) is 6.92 Å². The van der Waals surface area contributed by atoms with E-state index in [1.165, 1.54) is 5.56 Å². The van der Waals surface area contributed by atoms with Gasteiger partial charge in [0, 0.05) is 18.6 Å². The molecule has 15 heavy (non-hydrogen) atoms. The van der Waals surface area contributed by atoms with Crippen LogP contribution in [0.4, 0.5) is 0 Å². The zero-order valence-corrected chi connectivity index (χ0v) is 8.73. The van der Waals surface area contributed by atoms with Crippen LogP contribution in [0, 0.1) is 6.92 Å². The molecule has 1 aromatic carbocycles. The Balaban J connectivity index is 2.65. The second-order valence-electron chi connectivity index (χ2n) is 3.82. The van der Waals surface area contributed by atoms with Gasteiger partial charge in [-0.05, 0) is 30.7 Å². The molecule has 0 N–H and O–H groups in total. The van der Waals surface area contributed by atoms with Crippen LogP contribution in [-0.2, 0) is 7.05 Å². The predicted octanol–water partition coefficient (Wildman–Crippen LogP) is 2.43. The van der Waals surface area contributed by atoms with E-state index in [-0.39, 0.29) is 0 Å². The lowest BCUT2D eigenvalue weighted by Gasteiger charge is -2.02. The maximum absolute atomic E-state index is 4.41. The number of hydrogen-bond donors (Lipinski definition) is 0. The summed E-state index contributed by atoms with van der Waals surface area (Å²) in [5.41, 5.74) is 4.43. The molecular weight excluding hydrogens is 186 g/mol. The Morgan fingerprint density at radius 1 is 1.20 bits per heavy atom. The summed E-state index contributed by atoms with van der Waals surface area (Å²) in [6, 6.07) is 6.16. The minimum Gasteiger partial charge on any atom is -0.334 e. The average Bonchev–Trinajstić information content (AvgIpc) is 2.62. The second kappa shape index (κ2) is 2.79. The first kappa shape index (κ1) is 8.41. The van der Waals surface area contributed by atoms with Crippen molar-refractivity contribution >= 4 is 21.9 Å². The molecule has 0 aliphatic rings. The summed E-state index contributed by atoms with van der Waals surface area (Å²) in [4.78, 5) is 8.80. The molecule has 0 amide bonds. The number of aryl methyl sites for hydroxylation is 2. The maximum Gasteiger partial charge on any atom is 0.0978 e. The van der Waals surface area contributed by atoms with Gasteiger partial charge in [0.1, 0.15) is 0 Å². The lowest BCUT2D eigenvalue weighted by atomic mass is 10.1. The van der Waals surface area contributed by atoms with Gasteiger partial charge in [-0.25, -0.2) is 4.98 Å². The molecule has 3 rings (SSSR count). The van der Waals surface area contributed by atoms with Gasteiger partial charge in [-0.2, -0.15) is 0 Å². The Labute approximate surface area is 87.4 Å². The highest BCUT2D eigenvalue weighted by atomic mass is 15.0. The normalized spacial score (nSPS) is 11.3. The van der Waals surface area contributed by atoms with Crippen LogP contribution in [0.5, 0.6) is 0 Å². The monoisotopic (exact) mass is 197 g/mol. The van der Waals surface area contributed by atoms with Gasteiger partial charge in [-0.3, -0.25) is 4.98 Å². The van der Waals surface area contributed by atoms with Crippen molar-refractivity contribution in [2.75, 3.05) is 0 Å². The van der Waals surface area contributed by atoms with E-state index >= 15 is 0 Å².